The molecule has 0 spiro atoms. The average molecular weight is 390 g/mol. The van der Waals surface area contributed by atoms with E-state index < -0.39 is 16.7 Å². The maximum absolute atomic E-state index is 12.0. The molecule has 2 rings (SSSR count). The molecule has 0 unspecified atom stereocenters. The minimum Gasteiger partial charge on any atom is -0.395 e. The van der Waals surface area contributed by atoms with Gasteiger partial charge in [-0.05, 0) is 6.07 Å². The summed E-state index contributed by atoms with van der Waals surface area (Å²) in [7, 11) is 0. The van der Waals surface area contributed by atoms with Crippen LogP contribution in [-0.2, 0) is 16.1 Å². The van der Waals surface area contributed by atoms with Gasteiger partial charge in [0, 0.05) is 30.4 Å². The number of nitrogens with zero attached hydrogens (tertiary/aromatic N) is 3. The number of anilines is 1. The fourth-order valence-electron chi connectivity index (χ4n) is 2.14. The lowest BCUT2D eigenvalue weighted by atomic mass is 10.2. The van der Waals surface area contributed by atoms with Crippen LogP contribution in [0.1, 0.15) is 10.4 Å². The lowest BCUT2D eigenvalue weighted by Crippen LogP contribution is -2.32. The topological polar surface area (TPSA) is 168 Å². The molecule has 1 aromatic heterocycles. The van der Waals surface area contributed by atoms with Crippen molar-refractivity contribution < 1.29 is 24.4 Å². The van der Waals surface area contributed by atoms with Crippen LogP contribution in [0, 0.1) is 10.1 Å². The van der Waals surface area contributed by atoms with Crippen molar-refractivity contribution in [3.8, 4) is 0 Å². The van der Waals surface area contributed by atoms with E-state index >= 15 is 0 Å². The molecule has 12 nitrogen and oxygen atoms in total. The first kappa shape index (κ1) is 20.5. The third-order valence-electron chi connectivity index (χ3n) is 3.39. The Labute approximate surface area is 158 Å². The molecule has 1 aromatic carbocycles. The Balaban J connectivity index is 1.82. The van der Waals surface area contributed by atoms with Crippen molar-refractivity contribution in [3.63, 3.8) is 0 Å². The van der Waals surface area contributed by atoms with E-state index in [1.165, 1.54) is 35.3 Å². The molecule has 12 heteroatoms. The van der Waals surface area contributed by atoms with Gasteiger partial charge in [0.1, 0.15) is 6.54 Å². The molecule has 0 atom stereocenters. The molecule has 0 aliphatic rings. The molecule has 2 aromatic rings. The molecular formula is C16H18N6O6. The largest absolute Gasteiger partial charge is 0.395 e. The molecule has 148 valence electrons. The van der Waals surface area contributed by atoms with Gasteiger partial charge in [-0.1, -0.05) is 6.07 Å². The molecule has 0 aliphatic heterocycles. The highest BCUT2D eigenvalue weighted by Crippen LogP contribution is 2.12. The summed E-state index contributed by atoms with van der Waals surface area (Å²) in [5.74, 6) is -1.52. The summed E-state index contributed by atoms with van der Waals surface area (Å²) in [5.41, 5.74) is 0.154. The molecule has 0 bridgehead atoms. The summed E-state index contributed by atoms with van der Waals surface area (Å²) in [6.07, 6.45) is 2.76. The first-order valence-corrected chi connectivity index (χ1v) is 8.11. The smallest absolute Gasteiger partial charge is 0.270 e. The Morgan fingerprint density at radius 3 is 2.71 bits per heavy atom. The number of non-ortho nitro benzene ring substituents is 1. The Morgan fingerprint density at radius 2 is 2.00 bits per heavy atom. The van der Waals surface area contributed by atoms with Gasteiger partial charge in [-0.25, -0.2) is 0 Å². The highest BCUT2D eigenvalue weighted by molar-refractivity contribution is 5.99. The maximum atomic E-state index is 12.0. The fourth-order valence-corrected chi connectivity index (χ4v) is 2.14. The van der Waals surface area contributed by atoms with Crippen LogP contribution < -0.4 is 16.0 Å². The molecule has 4 N–H and O–H groups in total. The molecule has 3 amide bonds. The second kappa shape index (κ2) is 9.78. The van der Waals surface area contributed by atoms with Crippen molar-refractivity contribution in [2.75, 3.05) is 25.0 Å². The lowest BCUT2D eigenvalue weighted by Gasteiger charge is -2.05. The first-order chi connectivity index (χ1) is 13.4. The zero-order chi connectivity index (χ0) is 20.5. The number of aliphatic hydroxyl groups excluding tert-OH is 1. The van der Waals surface area contributed by atoms with Crippen LogP contribution in [0.3, 0.4) is 0 Å². The van der Waals surface area contributed by atoms with Crippen molar-refractivity contribution in [2.45, 2.75) is 6.54 Å². The summed E-state index contributed by atoms with van der Waals surface area (Å²) in [5, 5.41) is 30.6. The monoisotopic (exact) mass is 390 g/mol. The number of aliphatic hydroxyl groups is 1. The minimum absolute atomic E-state index is 0.0590. The van der Waals surface area contributed by atoms with Crippen molar-refractivity contribution >= 4 is 29.1 Å². The number of hydrogen-bond donors (Lipinski definition) is 4. The van der Waals surface area contributed by atoms with E-state index in [1.807, 2.05) is 0 Å². The molecule has 0 saturated carbocycles. The molecule has 0 saturated heterocycles. The number of benzene rings is 1. The van der Waals surface area contributed by atoms with Gasteiger partial charge in [-0.3, -0.25) is 29.2 Å². The van der Waals surface area contributed by atoms with Gasteiger partial charge in [0.2, 0.25) is 11.8 Å². The SMILES string of the molecule is O=C(Cn1cc(NC(=O)CNC(=O)c2cccc([N+](=O)[O-])c2)cn1)NCCO. The van der Waals surface area contributed by atoms with Gasteiger partial charge >= 0.3 is 0 Å². The van der Waals surface area contributed by atoms with E-state index in [9.17, 15) is 24.5 Å². The summed E-state index contributed by atoms with van der Waals surface area (Å²) >= 11 is 0. The fraction of sp³-hybridized carbons (Fsp3) is 0.250. The van der Waals surface area contributed by atoms with Gasteiger partial charge in [0.05, 0.1) is 30.0 Å². The number of hydrogen-bond acceptors (Lipinski definition) is 7. The van der Waals surface area contributed by atoms with Gasteiger partial charge in [0.25, 0.3) is 11.6 Å². The normalized spacial score (nSPS) is 10.2. The second-order valence-corrected chi connectivity index (χ2v) is 5.54. The molecule has 1 heterocycles. The van der Waals surface area contributed by atoms with Crippen molar-refractivity contribution in [1.82, 2.24) is 20.4 Å². The highest BCUT2D eigenvalue weighted by Gasteiger charge is 2.13. The summed E-state index contributed by atoms with van der Waals surface area (Å²) < 4.78 is 1.30. The molecule has 0 radical (unpaired) electrons. The van der Waals surface area contributed by atoms with Gasteiger partial charge in [0.15, 0.2) is 0 Å². The van der Waals surface area contributed by atoms with Gasteiger partial charge in [-0.2, -0.15) is 5.10 Å². The Morgan fingerprint density at radius 1 is 1.21 bits per heavy atom. The van der Waals surface area contributed by atoms with E-state index in [0.29, 0.717) is 5.69 Å². The quantitative estimate of drug-likeness (QED) is 0.323. The number of aromatic nitrogens is 2. The van der Waals surface area contributed by atoms with E-state index in [-0.39, 0.29) is 43.4 Å². The number of rotatable bonds is 9. The standard InChI is InChI=1S/C16H18N6O6/c23-5-4-17-15(25)10-21-9-12(7-19-21)20-14(24)8-18-16(26)11-2-1-3-13(6-11)22(27)28/h1-3,6-7,9,23H,4-5,8,10H2,(H,17,25)(H,18,26)(H,20,24). The first-order valence-electron chi connectivity index (χ1n) is 8.11. The van der Waals surface area contributed by atoms with Gasteiger partial charge < -0.3 is 21.1 Å². The lowest BCUT2D eigenvalue weighted by molar-refractivity contribution is -0.384. The zero-order valence-corrected chi connectivity index (χ0v) is 14.6. The van der Waals surface area contributed by atoms with E-state index in [0.717, 1.165) is 6.07 Å². The Kier molecular flexibility index (Phi) is 7.16. The van der Waals surface area contributed by atoms with E-state index in [2.05, 4.69) is 21.0 Å². The van der Waals surface area contributed by atoms with Crippen LogP contribution in [0.25, 0.3) is 0 Å². The van der Waals surface area contributed by atoms with E-state index in [1.54, 1.807) is 0 Å². The van der Waals surface area contributed by atoms with Crippen LogP contribution >= 0.6 is 0 Å². The molecule has 0 fully saturated rings. The maximum Gasteiger partial charge on any atom is 0.270 e. The minimum atomic E-state index is -0.630. The van der Waals surface area contributed by atoms with Crippen molar-refractivity contribution in [3.05, 3.63) is 52.3 Å². The number of nitro groups is 1. The Hall–Kier alpha value is -3.80. The predicted molar refractivity (Wildman–Crippen MR) is 96.4 cm³/mol. The second-order valence-electron chi connectivity index (χ2n) is 5.54. The highest BCUT2D eigenvalue weighted by atomic mass is 16.6. The van der Waals surface area contributed by atoms with E-state index in [4.69, 9.17) is 5.11 Å². The average Bonchev–Trinajstić information content (AvgIpc) is 3.11. The summed E-state index contributed by atoms with van der Waals surface area (Å²) in [4.78, 5) is 45.5. The predicted octanol–water partition coefficient (Wildman–Crippen LogP) is -0.732. The molecular weight excluding hydrogens is 372 g/mol. The zero-order valence-electron chi connectivity index (χ0n) is 14.6. The van der Waals surface area contributed by atoms with Crippen LogP contribution in [-0.4, -0.2) is 57.2 Å². The summed E-state index contributed by atoms with van der Waals surface area (Å²) in [6.45, 7) is -0.481. The molecule has 28 heavy (non-hydrogen) atoms. The number of amides is 3. The van der Waals surface area contributed by atoms with Crippen molar-refractivity contribution in [1.29, 1.82) is 0 Å². The Bertz CT molecular complexity index is 880. The number of carbonyl (C=O) groups excluding carboxylic acids is 3. The molecule has 0 aliphatic carbocycles. The van der Waals surface area contributed by atoms with Gasteiger partial charge in [-0.15, -0.1) is 0 Å². The third-order valence-corrected chi connectivity index (χ3v) is 3.39. The van der Waals surface area contributed by atoms with Crippen LogP contribution in [0.5, 0.6) is 0 Å². The number of nitro benzene ring substituents is 1. The van der Waals surface area contributed by atoms with Crippen LogP contribution in [0.15, 0.2) is 36.7 Å². The third kappa shape index (κ3) is 6.17. The van der Waals surface area contributed by atoms with Crippen molar-refractivity contribution in [2.24, 2.45) is 0 Å². The van der Waals surface area contributed by atoms with Crippen LogP contribution in [0.4, 0.5) is 11.4 Å². The van der Waals surface area contributed by atoms with Crippen LogP contribution in [0.2, 0.25) is 0 Å². The summed E-state index contributed by atoms with van der Waals surface area (Å²) in [6, 6.07) is 5.13. The number of carbonyl (C=O) groups is 3. The number of nitrogens with one attached hydrogen (secondary N) is 3.